The number of ketones is 1. The standard InChI is InChI=1S/C9H16O/c1-7(2)8(3)5-6-9(4)10/h8H,1,5-6H2,2-4H3. The predicted molar refractivity (Wildman–Crippen MR) is 43.9 cm³/mol. The monoisotopic (exact) mass is 140 g/mol. The average molecular weight is 140 g/mol. The fourth-order valence-corrected chi connectivity index (χ4v) is 0.666. The second-order valence-electron chi connectivity index (χ2n) is 2.99. The highest BCUT2D eigenvalue weighted by molar-refractivity contribution is 5.75. The van der Waals surface area contributed by atoms with E-state index in [0.717, 1.165) is 6.42 Å². The normalized spacial score (nSPS) is 12.7. The first-order chi connectivity index (χ1) is 4.54. The maximum atomic E-state index is 10.5. The quantitative estimate of drug-likeness (QED) is 0.548. The number of rotatable bonds is 4. The van der Waals surface area contributed by atoms with Crippen molar-refractivity contribution in [3.05, 3.63) is 12.2 Å². The Hall–Kier alpha value is -0.590. The lowest BCUT2D eigenvalue weighted by molar-refractivity contribution is -0.117. The highest BCUT2D eigenvalue weighted by atomic mass is 16.1. The summed E-state index contributed by atoms with van der Waals surface area (Å²) in [5, 5.41) is 0. The van der Waals surface area contributed by atoms with E-state index in [4.69, 9.17) is 0 Å². The number of allylic oxidation sites excluding steroid dienone is 1. The van der Waals surface area contributed by atoms with E-state index in [1.807, 2.05) is 6.92 Å². The number of carbonyl (C=O) groups is 1. The number of Topliss-reactive ketones (excluding diaryl/α,β-unsaturated/α-hetero) is 1. The van der Waals surface area contributed by atoms with Crippen LogP contribution in [0.3, 0.4) is 0 Å². The Bertz CT molecular complexity index is 136. The van der Waals surface area contributed by atoms with Gasteiger partial charge in [0.1, 0.15) is 5.78 Å². The van der Waals surface area contributed by atoms with Gasteiger partial charge in [-0.15, -0.1) is 0 Å². The first-order valence-corrected chi connectivity index (χ1v) is 3.69. The van der Waals surface area contributed by atoms with Crippen LogP contribution in [-0.4, -0.2) is 5.78 Å². The molecule has 0 aliphatic heterocycles. The van der Waals surface area contributed by atoms with Gasteiger partial charge < -0.3 is 4.79 Å². The first kappa shape index (κ1) is 9.41. The van der Waals surface area contributed by atoms with Gasteiger partial charge in [0.05, 0.1) is 0 Å². The van der Waals surface area contributed by atoms with Gasteiger partial charge in [0.25, 0.3) is 0 Å². The average Bonchev–Trinajstić information content (AvgIpc) is 1.82. The third-order valence-electron chi connectivity index (χ3n) is 1.77. The molecule has 0 aliphatic rings. The molecule has 58 valence electrons. The first-order valence-electron chi connectivity index (χ1n) is 3.69. The number of hydrogen-bond donors (Lipinski definition) is 0. The molecule has 0 rings (SSSR count). The van der Waals surface area contributed by atoms with Crippen LogP contribution in [0.4, 0.5) is 0 Å². The maximum absolute atomic E-state index is 10.5. The summed E-state index contributed by atoms with van der Waals surface area (Å²) in [5.74, 6) is 0.761. The lowest BCUT2D eigenvalue weighted by atomic mass is 9.98. The summed E-state index contributed by atoms with van der Waals surface area (Å²) < 4.78 is 0. The Morgan fingerprint density at radius 2 is 2.00 bits per heavy atom. The Morgan fingerprint density at radius 1 is 1.50 bits per heavy atom. The molecule has 0 aromatic carbocycles. The van der Waals surface area contributed by atoms with Crippen LogP contribution in [0, 0.1) is 5.92 Å². The van der Waals surface area contributed by atoms with E-state index in [2.05, 4.69) is 13.5 Å². The van der Waals surface area contributed by atoms with Crippen LogP contribution in [0.2, 0.25) is 0 Å². The molecular formula is C9H16O. The molecule has 1 atom stereocenters. The SMILES string of the molecule is C=C(C)C(C)CCC(C)=O. The molecule has 1 unspecified atom stereocenters. The van der Waals surface area contributed by atoms with Crippen molar-refractivity contribution in [1.29, 1.82) is 0 Å². The summed E-state index contributed by atoms with van der Waals surface area (Å²) in [4.78, 5) is 10.5. The minimum Gasteiger partial charge on any atom is -0.300 e. The third-order valence-corrected chi connectivity index (χ3v) is 1.77. The number of carbonyl (C=O) groups excluding carboxylic acids is 1. The zero-order chi connectivity index (χ0) is 8.15. The van der Waals surface area contributed by atoms with Crippen molar-refractivity contribution in [2.45, 2.75) is 33.6 Å². The van der Waals surface area contributed by atoms with Crippen LogP contribution < -0.4 is 0 Å². The topological polar surface area (TPSA) is 17.1 Å². The molecule has 0 spiro atoms. The molecule has 0 amide bonds. The summed E-state index contributed by atoms with van der Waals surface area (Å²) in [6.07, 6.45) is 1.64. The number of hydrogen-bond acceptors (Lipinski definition) is 1. The van der Waals surface area contributed by atoms with Crippen molar-refractivity contribution in [2.75, 3.05) is 0 Å². The van der Waals surface area contributed by atoms with Crippen molar-refractivity contribution >= 4 is 5.78 Å². The molecule has 0 aromatic heterocycles. The molecule has 0 saturated carbocycles. The Kier molecular flexibility index (Phi) is 4.01. The minimum atomic E-state index is 0.271. The van der Waals surface area contributed by atoms with Crippen LogP contribution >= 0.6 is 0 Å². The molecule has 0 saturated heterocycles. The van der Waals surface area contributed by atoms with Gasteiger partial charge in [-0.05, 0) is 26.2 Å². The van der Waals surface area contributed by atoms with Crippen molar-refractivity contribution in [3.8, 4) is 0 Å². The Morgan fingerprint density at radius 3 is 2.30 bits per heavy atom. The van der Waals surface area contributed by atoms with Crippen LogP contribution in [0.5, 0.6) is 0 Å². The highest BCUT2D eigenvalue weighted by Crippen LogP contribution is 2.13. The third kappa shape index (κ3) is 4.30. The van der Waals surface area contributed by atoms with Gasteiger partial charge in [0.2, 0.25) is 0 Å². The van der Waals surface area contributed by atoms with Gasteiger partial charge in [0, 0.05) is 6.42 Å². The molecule has 0 bridgehead atoms. The zero-order valence-electron chi connectivity index (χ0n) is 7.11. The van der Waals surface area contributed by atoms with Gasteiger partial charge in [-0.2, -0.15) is 0 Å². The summed E-state index contributed by atoms with van der Waals surface area (Å²) in [5.41, 5.74) is 1.17. The maximum Gasteiger partial charge on any atom is 0.129 e. The molecule has 0 aromatic rings. The smallest absolute Gasteiger partial charge is 0.129 e. The van der Waals surface area contributed by atoms with E-state index in [0.29, 0.717) is 12.3 Å². The second-order valence-corrected chi connectivity index (χ2v) is 2.99. The molecule has 0 fully saturated rings. The highest BCUT2D eigenvalue weighted by Gasteiger charge is 2.02. The van der Waals surface area contributed by atoms with Crippen molar-refractivity contribution < 1.29 is 4.79 Å². The molecule has 0 aliphatic carbocycles. The molecule has 1 heteroatoms. The molecule has 0 N–H and O–H groups in total. The molecule has 1 nitrogen and oxygen atoms in total. The summed E-state index contributed by atoms with van der Waals surface area (Å²) in [6.45, 7) is 9.56. The van der Waals surface area contributed by atoms with E-state index in [1.54, 1.807) is 6.92 Å². The van der Waals surface area contributed by atoms with E-state index in [-0.39, 0.29) is 5.78 Å². The lowest BCUT2D eigenvalue weighted by Gasteiger charge is -2.08. The van der Waals surface area contributed by atoms with Crippen molar-refractivity contribution in [1.82, 2.24) is 0 Å². The van der Waals surface area contributed by atoms with Crippen molar-refractivity contribution in [3.63, 3.8) is 0 Å². The van der Waals surface area contributed by atoms with Gasteiger partial charge in [-0.1, -0.05) is 19.1 Å². The Labute approximate surface area is 63.1 Å². The molecule has 0 radical (unpaired) electrons. The molecular weight excluding hydrogens is 124 g/mol. The summed E-state index contributed by atoms with van der Waals surface area (Å²) in [7, 11) is 0. The van der Waals surface area contributed by atoms with E-state index in [1.165, 1.54) is 5.57 Å². The molecule has 0 heterocycles. The lowest BCUT2D eigenvalue weighted by Crippen LogP contribution is -1.99. The van der Waals surface area contributed by atoms with Crippen molar-refractivity contribution in [2.24, 2.45) is 5.92 Å². The largest absolute Gasteiger partial charge is 0.300 e. The predicted octanol–water partition coefficient (Wildman–Crippen LogP) is 2.57. The van der Waals surface area contributed by atoms with Crippen LogP contribution in [0.1, 0.15) is 33.6 Å². The van der Waals surface area contributed by atoms with Gasteiger partial charge >= 0.3 is 0 Å². The van der Waals surface area contributed by atoms with E-state index in [9.17, 15) is 4.79 Å². The van der Waals surface area contributed by atoms with E-state index >= 15 is 0 Å². The van der Waals surface area contributed by atoms with Crippen LogP contribution in [-0.2, 0) is 4.79 Å². The molecule has 10 heavy (non-hydrogen) atoms. The zero-order valence-corrected chi connectivity index (χ0v) is 7.11. The van der Waals surface area contributed by atoms with Crippen LogP contribution in [0.25, 0.3) is 0 Å². The second kappa shape index (κ2) is 4.26. The van der Waals surface area contributed by atoms with Crippen LogP contribution in [0.15, 0.2) is 12.2 Å². The van der Waals surface area contributed by atoms with E-state index < -0.39 is 0 Å². The fourth-order valence-electron chi connectivity index (χ4n) is 0.666. The fraction of sp³-hybridized carbons (Fsp3) is 0.667. The minimum absolute atomic E-state index is 0.271. The van der Waals surface area contributed by atoms with Gasteiger partial charge in [0.15, 0.2) is 0 Å². The van der Waals surface area contributed by atoms with Gasteiger partial charge in [-0.3, -0.25) is 0 Å². The summed E-state index contributed by atoms with van der Waals surface area (Å²) >= 11 is 0. The van der Waals surface area contributed by atoms with Gasteiger partial charge in [-0.25, -0.2) is 0 Å². The Balaban J connectivity index is 3.49. The summed E-state index contributed by atoms with van der Waals surface area (Å²) in [6, 6.07) is 0.